The summed E-state index contributed by atoms with van der Waals surface area (Å²) in [5.41, 5.74) is 0.0718. The van der Waals surface area contributed by atoms with Gasteiger partial charge < -0.3 is 14.8 Å². The topological polar surface area (TPSA) is 76.1 Å². The van der Waals surface area contributed by atoms with Crippen molar-refractivity contribution < 1.29 is 27.4 Å². The number of alkyl halides is 3. The average Bonchev–Trinajstić information content (AvgIpc) is 2.93. The molecule has 0 spiro atoms. The Hall–Kier alpha value is -3.68. The van der Waals surface area contributed by atoms with Crippen molar-refractivity contribution in [3.05, 3.63) is 71.2 Å². The lowest BCUT2D eigenvalue weighted by Crippen LogP contribution is -2.68. The third-order valence-corrected chi connectivity index (χ3v) is 6.53. The van der Waals surface area contributed by atoms with Crippen LogP contribution in [-0.2, 0) is 15.7 Å². The predicted molar refractivity (Wildman–Crippen MR) is 137 cm³/mol. The maximum Gasteiger partial charge on any atom is 0.416 e. The number of nitrogens with one attached hydrogen (secondary N) is 1. The number of rotatable bonds is 7. The Balaban J connectivity index is 1.77. The van der Waals surface area contributed by atoms with Crippen molar-refractivity contribution in [2.75, 3.05) is 32.9 Å². The summed E-state index contributed by atoms with van der Waals surface area (Å²) in [5, 5.41) is 3.02. The van der Waals surface area contributed by atoms with E-state index in [1.54, 1.807) is 12.4 Å². The second kappa shape index (κ2) is 11.8. The van der Waals surface area contributed by atoms with E-state index in [1.807, 2.05) is 24.0 Å². The molecule has 0 radical (unpaired) electrons. The molecule has 4 rings (SSSR count). The highest BCUT2D eigenvalue weighted by molar-refractivity contribution is 6.01. The van der Waals surface area contributed by atoms with Crippen molar-refractivity contribution in [1.82, 2.24) is 15.2 Å². The number of hydrogen-bond acceptors (Lipinski definition) is 6. The Kier molecular flexibility index (Phi) is 8.49. The van der Waals surface area contributed by atoms with Gasteiger partial charge in [0.05, 0.1) is 25.4 Å². The van der Waals surface area contributed by atoms with Gasteiger partial charge in [0.2, 0.25) is 5.90 Å². The minimum absolute atomic E-state index is 0.117. The van der Waals surface area contributed by atoms with Gasteiger partial charge in [-0.2, -0.15) is 13.2 Å². The molecule has 1 saturated heterocycles. The zero-order valence-corrected chi connectivity index (χ0v) is 21.1. The minimum atomic E-state index is -4.58. The van der Waals surface area contributed by atoms with Crippen LogP contribution in [-0.4, -0.2) is 60.3 Å². The van der Waals surface area contributed by atoms with Gasteiger partial charge in [-0.05, 0) is 48.7 Å². The summed E-state index contributed by atoms with van der Waals surface area (Å²) < 4.78 is 51.9. The van der Waals surface area contributed by atoms with Crippen LogP contribution in [0.25, 0.3) is 5.57 Å². The van der Waals surface area contributed by atoms with E-state index in [2.05, 4.69) is 16.2 Å². The molecule has 1 unspecified atom stereocenters. The van der Waals surface area contributed by atoms with Gasteiger partial charge in [0, 0.05) is 49.6 Å². The number of nitrogens with zero attached hydrogens (tertiary/aromatic N) is 3. The standard InChI is InChI=1S/C28H29F3N4O3/c1-3-4-5-14-38-26-27(35-12-15-37-16-13-35,18-24(20(2)33-26)22-9-7-11-32-19-22)34-25(36)21-8-6-10-23(17-21)28(29,30)31/h1,6-11,17,19H,4-5,12-16,18H2,2H3,(H,34,36). The summed E-state index contributed by atoms with van der Waals surface area (Å²) >= 11 is 0. The Morgan fingerprint density at radius 3 is 2.74 bits per heavy atom. The van der Waals surface area contributed by atoms with Crippen LogP contribution in [0.5, 0.6) is 0 Å². The largest absolute Gasteiger partial charge is 0.478 e. The van der Waals surface area contributed by atoms with E-state index in [0.29, 0.717) is 44.8 Å². The molecule has 1 atom stereocenters. The smallest absolute Gasteiger partial charge is 0.416 e. The van der Waals surface area contributed by atoms with E-state index in [0.717, 1.165) is 23.3 Å². The Labute approximate surface area is 219 Å². The molecule has 0 saturated carbocycles. The molecule has 38 heavy (non-hydrogen) atoms. The number of hydrogen-bond donors (Lipinski definition) is 1. The molecule has 200 valence electrons. The first-order chi connectivity index (χ1) is 18.2. The van der Waals surface area contributed by atoms with Crippen molar-refractivity contribution in [3.8, 4) is 12.3 Å². The number of amides is 1. The molecular formula is C28H29F3N4O3. The quantitative estimate of drug-likeness (QED) is 0.424. The number of morpholine rings is 1. The fraction of sp³-hybridized carbons (Fsp3) is 0.393. The maximum absolute atomic E-state index is 13.6. The minimum Gasteiger partial charge on any atom is -0.478 e. The highest BCUT2D eigenvalue weighted by Gasteiger charge is 2.49. The second-order valence-corrected chi connectivity index (χ2v) is 9.05. The molecule has 3 heterocycles. The van der Waals surface area contributed by atoms with Crippen LogP contribution >= 0.6 is 0 Å². The van der Waals surface area contributed by atoms with E-state index in [1.165, 1.54) is 12.1 Å². The number of ether oxygens (including phenoxy) is 2. The van der Waals surface area contributed by atoms with E-state index in [4.69, 9.17) is 20.9 Å². The number of terminal acetylenes is 1. The monoisotopic (exact) mass is 526 g/mol. The number of halogens is 3. The molecule has 1 aromatic heterocycles. The summed E-state index contributed by atoms with van der Waals surface area (Å²) in [5.74, 6) is 2.17. The fourth-order valence-electron chi connectivity index (χ4n) is 4.58. The van der Waals surface area contributed by atoms with Crippen molar-refractivity contribution in [2.24, 2.45) is 4.99 Å². The molecule has 0 bridgehead atoms. The lowest BCUT2D eigenvalue weighted by molar-refractivity contribution is -0.137. The number of carbonyl (C=O) groups excluding carboxylic acids is 1. The van der Waals surface area contributed by atoms with Crippen LogP contribution in [0.1, 0.15) is 47.7 Å². The van der Waals surface area contributed by atoms with Gasteiger partial charge >= 0.3 is 6.18 Å². The number of allylic oxidation sites excluding steroid dienone is 1. The van der Waals surface area contributed by atoms with E-state index >= 15 is 0 Å². The first-order valence-electron chi connectivity index (χ1n) is 12.3. The van der Waals surface area contributed by atoms with Crippen LogP contribution in [0.2, 0.25) is 0 Å². The van der Waals surface area contributed by atoms with Crippen molar-refractivity contribution >= 4 is 17.4 Å². The summed E-state index contributed by atoms with van der Waals surface area (Å²) in [6, 6.07) is 8.06. The number of pyridine rings is 1. The van der Waals surface area contributed by atoms with Crippen molar-refractivity contribution in [3.63, 3.8) is 0 Å². The van der Waals surface area contributed by atoms with Crippen molar-refractivity contribution in [2.45, 2.75) is 38.0 Å². The van der Waals surface area contributed by atoms with Crippen LogP contribution < -0.4 is 5.32 Å². The average molecular weight is 527 g/mol. The van der Waals surface area contributed by atoms with Crippen LogP contribution in [0.15, 0.2) is 59.5 Å². The summed E-state index contributed by atoms with van der Waals surface area (Å²) in [7, 11) is 0. The fourth-order valence-corrected chi connectivity index (χ4v) is 4.58. The zero-order valence-electron chi connectivity index (χ0n) is 21.1. The summed E-state index contributed by atoms with van der Waals surface area (Å²) in [6.07, 6.45) is 5.53. The van der Waals surface area contributed by atoms with Gasteiger partial charge in [-0.3, -0.25) is 14.7 Å². The lowest BCUT2D eigenvalue weighted by Gasteiger charge is -2.47. The molecule has 2 aliphatic rings. The number of carbonyl (C=O) groups is 1. The maximum atomic E-state index is 13.6. The molecule has 1 amide bonds. The molecule has 10 heteroatoms. The molecule has 1 fully saturated rings. The zero-order chi connectivity index (χ0) is 27.2. The first-order valence-corrected chi connectivity index (χ1v) is 12.3. The van der Waals surface area contributed by atoms with Crippen molar-refractivity contribution in [1.29, 1.82) is 0 Å². The number of aliphatic imine (C=N–C) groups is 1. The van der Waals surface area contributed by atoms with Crippen LogP contribution in [0.4, 0.5) is 13.2 Å². The van der Waals surface area contributed by atoms with Gasteiger partial charge in [0.1, 0.15) is 0 Å². The highest BCUT2D eigenvalue weighted by atomic mass is 19.4. The highest BCUT2D eigenvalue weighted by Crippen LogP contribution is 2.37. The molecule has 2 aliphatic heterocycles. The normalized spacial score (nSPS) is 20.4. The Morgan fingerprint density at radius 2 is 2.05 bits per heavy atom. The predicted octanol–water partition coefficient (Wildman–Crippen LogP) is 4.52. The first kappa shape index (κ1) is 27.4. The van der Waals surface area contributed by atoms with Gasteiger partial charge in [0.25, 0.3) is 5.91 Å². The van der Waals surface area contributed by atoms with Crippen LogP contribution in [0, 0.1) is 12.3 Å². The molecule has 7 nitrogen and oxygen atoms in total. The Morgan fingerprint density at radius 1 is 1.26 bits per heavy atom. The van der Waals surface area contributed by atoms with Gasteiger partial charge in [0.15, 0.2) is 5.66 Å². The lowest BCUT2D eigenvalue weighted by atomic mass is 9.88. The molecular weight excluding hydrogens is 497 g/mol. The third-order valence-electron chi connectivity index (χ3n) is 6.53. The van der Waals surface area contributed by atoms with Crippen LogP contribution in [0.3, 0.4) is 0 Å². The molecule has 0 aliphatic carbocycles. The summed E-state index contributed by atoms with van der Waals surface area (Å²) in [6.45, 7) is 3.85. The van der Waals surface area contributed by atoms with Gasteiger partial charge in [-0.25, -0.2) is 4.99 Å². The third kappa shape index (κ3) is 6.06. The number of benzene rings is 1. The van der Waals surface area contributed by atoms with Gasteiger partial charge in [-0.1, -0.05) is 12.1 Å². The van der Waals surface area contributed by atoms with E-state index in [-0.39, 0.29) is 24.5 Å². The molecule has 2 aromatic rings. The second-order valence-electron chi connectivity index (χ2n) is 9.05. The van der Waals surface area contributed by atoms with Gasteiger partial charge in [-0.15, -0.1) is 12.3 Å². The van der Waals surface area contributed by atoms with E-state index < -0.39 is 23.3 Å². The SMILES string of the molecule is C#CCCCOC1=NC(C)=C(c2cccnc2)CC1(NC(=O)c1cccc(C(F)(F)F)c1)N1CCOCC1. The van der Waals surface area contributed by atoms with E-state index in [9.17, 15) is 18.0 Å². The number of unbranched alkanes of at least 4 members (excludes halogenated alkanes) is 1. The molecule has 1 aromatic carbocycles. The Bertz CT molecular complexity index is 1250. The molecule has 1 N–H and O–H groups in total. The summed E-state index contributed by atoms with van der Waals surface area (Å²) in [4.78, 5) is 24.6. The number of aromatic nitrogens is 1.